The number of hydrogen-bond donors (Lipinski definition) is 3. The van der Waals surface area contributed by atoms with E-state index in [4.69, 9.17) is 9.84 Å². The van der Waals surface area contributed by atoms with Gasteiger partial charge in [0.15, 0.2) is 0 Å². The lowest BCUT2D eigenvalue weighted by Crippen LogP contribution is -2.50. The van der Waals surface area contributed by atoms with Crippen LogP contribution in [-0.2, 0) is 19.2 Å². The Labute approximate surface area is 156 Å². The van der Waals surface area contributed by atoms with E-state index in [1.54, 1.807) is 31.4 Å². The SMILES string of the molecule is COc1ccc(N2CC(C(=O)NC(C)C(=O)NC(C)C(=O)O)CC2=O)cc1. The van der Waals surface area contributed by atoms with Crippen molar-refractivity contribution in [1.82, 2.24) is 10.6 Å². The number of carbonyl (C=O) groups is 4. The topological polar surface area (TPSA) is 125 Å². The third-order valence-electron chi connectivity index (χ3n) is 4.36. The van der Waals surface area contributed by atoms with E-state index < -0.39 is 35.8 Å². The second kappa shape index (κ2) is 8.52. The number of anilines is 1. The molecule has 146 valence electrons. The number of nitrogens with one attached hydrogen (secondary N) is 2. The van der Waals surface area contributed by atoms with Crippen molar-refractivity contribution in [3.63, 3.8) is 0 Å². The maximum atomic E-state index is 12.4. The Hall–Kier alpha value is -3.10. The summed E-state index contributed by atoms with van der Waals surface area (Å²) in [5, 5.41) is 13.6. The summed E-state index contributed by atoms with van der Waals surface area (Å²) in [4.78, 5) is 48.9. The molecule has 1 saturated heterocycles. The number of amides is 3. The van der Waals surface area contributed by atoms with E-state index in [2.05, 4.69) is 10.6 Å². The van der Waals surface area contributed by atoms with E-state index in [-0.39, 0.29) is 18.9 Å². The van der Waals surface area contributed by atoms with Gasteiger partial charge in [-0.05, 0) is 38.1 Å². The van der Waals surface area contributed by atoms with Crippen molar-refractivity contribution >= 4 is 29.4 Å². The Morgan fingerprint density at radius 3 is 2.33 bits per heavy atom. The van der Waals surface area contributed by atoms with Crippen LogP contribution in [0.1, 0.15) is 20.3 Å². The van der Waals surface area contributed by atoms with Gasteiger partial charge < -0.3 is 25.4 Å². The third kappa shape index (κ3) is 4.96. The number of aliphatic carboxylic acids is 1. The Kier molecular flexibility index (Phi) is 6.38. The third-order valence-corrected chi connectivity index (χ3v) is 4.36. The van der Waals surface area contributed by atoms with Crippen LogP contribution in [0.3, 0.4) is 0 Å². The molecule has 1 aliphatic rings. The highest BCUT2D eigenvalue weighted by Gasteiger charge is 2.36. The Morgan fingerprint density at radius 1 is 1.15 bits per heavy atom. The number of rotatable bonds is 7. The van der Waals surface area contributed by atoms with Gasteiger partial charge in [0.2, 0.25) is 17.7 Å². The zero-order chi connectivity index (χ0) is 20.1. The summed E-state index contributed by atoms with van der Waals surface area (Å²) in [5.74, 6) is -2.31. The molecule has 1 heterocycles. The van der Waals surface area contributed by atoms with Gasteiger partial charge in [0.25, 0.3) is 0 Å². The summed E-state index contributed by atoms with van der Waals surface area (Å²) in [6.45, 7) is 2.99. The molecule has 9 nitrogen and oxygen atoms in total. The van der Waals surface area contributed by atoms with Gasteiger partial charge in [-0.25, -0.2) is 0 Å². The quantitative estimate of drug-likeness (QED) is 0.621. The van der Waals surface area contributed by atoms with Crippen LogP contribution in [0.15, 0.2) is 24.3 Å². The lowest BCUT2D eigenvalue weighted by molar-refractivity contribution is -0.141. The highest BCUT2D eigenvalue weighted by atomic mass is 16.5. The van der Waals surface area contributed by atoms with Crippen molar-refractivity contribution < 1.29 is 29.0 Å². The van der Waals surface area contributed by atoms with E-state index in [0.717, 1.165) is 0 Å². The first kappa shape index (κ1) is 20.2. The number of hydrogen-bond acceptors (Lipinski definition) is 5. The second-order valence-electron chi connectivity index (χ2n) is 6.40. The minimum Gasteiger partial charge on any atom is -0.497 e. The number of benzene rings is 1. The lowest BCUT2D eigenvalue weighted by atomic mass is 10.1. The molecule has 3 unspecified atom stereocenters. The molecule has 27 heavy (non-hydrogen) atoms. The van der Waals surface area contributed by atoms with Crippen LogP contribution in [0.5, 0.6) is 5.75 Å². The van der Waals surface area contributed by atoms with E-state index >= 15 is 0 Å². The van der Waals surface area contributed by atoms with Crippen LogP contribution >= 0.6 is 0 Å². The van der Waals surface area contributed by atoms with Crippen molar-refractivity contribution in [2.75, 3.05) is 18.6 Å². The maximum absolute atomic E-state index is 12.4. The molecule has 3 amide bonds. The molecular weight excluding hydrogens is 354 g/mol. The van der Waals surface area contributed by atoms with Crippen LogP contribution in [0.4, 0.5) is 5.69 Å². The highest BCUT2D eigenvalue weighted by Crippen LogP contribution is 2.26. The molecule has 0 radical (unpaired) electrons. The number of carboxylic acid groups (broad SMARTS) is 1. The molecule has 1 fully saturated rings. The van der Waals surface area contributed by atoms with Crippen molar-refractivity contribution in [2.24, 2.45) is 5.92 Å². The van der Waals surface area contributed by atoms with E-state index in [0.29, 0.717) is 11.4 Å². The van der Waals surface area contributed by atoms with Crippen molar-refractivity contribution in [2.45, 2.75) is 32.4 Å². The van der Waals surface area contributed by atoms with Crippen molar-refractivity contribution in [3.8, 4) is 5.75 Å². The molecular formula is C18H23N3O6. The van der Waals surface area contributed by atoms with Gasteiger partial charge in [0.05, 0.1) is 13.0 Å². The van der Waals surface area contributed by atoms with Crippen LogP contribution in [0.25, 0.3) is 0 Å². The smallest absolute Gasteiger partial charge is 0.325 e. The molecule has 0 aromatic heterocycles. The molecule has 0 aliphatic carbocycles. The molecule has 3 N–H and O–H groups in total. The van der Waals surface area contributed by atoms with Crippen molar-refractivity contribution in [3.05, 3.63) is 24.3 Å². The second-order valence-corrected chi connectivity index (χ2v) is 6.40. The maximum Gasteiger partial charge on any atom is 0.325 e. The lowest BCUT2D eigenvalue weighted by Gasteiger charge is -2.19. The summed E-state index contributed by atoms with van der Waals surface area (Å²) in [7, 11) is 1.55. The average Bonchev–Trinajstić information content (AvgIpc) is 3.03. The Morgan fingerprint density at radius 2 is 1.78 bits per heavy atom. The van der Waals surface area contributed by atoms with Gasteiger partial charge in [0, 0.05) is 18.7 Å². The molecule has 1 aromatic rings. The highest BCUT2D eigenvalue weighted by molar-refractivity contribution is 6.01. The zero-order valence-electron chi connectivity index (χ0n) is 15.4. The number of carboxylic acids is 1. The van der Waals surface area contributed by atoms with Gasteiger partial charge in [-0.1, -0.05) is 0 Å². The predicted molar refractivity (Wildman–Crippen MR) is 96.3 cm³/mol. The van der Waals surface area contributed by atoms with E-state index in [1.807, 2.05) is 0 Å². The number of ether oxygens (including phenoxy) is 1. The standard InChI is InChI=1S/C18H23N3O6/c1-10(16(23)20-11(2)18(25)26)19-17(24)12-8-15(22)21(9-12)13-4-6-14(27-3)7-5-13/h4-7,10-12H,8-9H2,1-3H3,(H,19,24)(H,20,23)(H,25,26). The summed E-state index contributed by atoms with van der Waals surface area (Å²) in [6, 6.07) is 4.96. The molecule has 1 aromatic carbocycles. The first-order valence-corrected chi connectivity index (χ1v) is 8.51. The van der Waals surface area contributed by atoms with Crippen LogP contribution in [0.2, 0.25) is 0 Å². The molecule has 3 atom stereocenters. The Balaban J connectivity index is 1.94. The minimum absolute atomic E-state index is 0.0394. The van der Waals surface area contributed by atoms with Crippen LogP contribution in [-0.4, -0.2) is 54.5 Å². The fourth-order valence-electron chi connectivity index (χ4n) is 2.69. The van der Waals surface area contributed by atoms with E-state index in [1.165, 1.54) is 18.7 Å². The number of carbonyl (C=O) groups excluding carboxylic acids is 3. The normalized spacial score (nSPS) is 18.6. The monoisotopic (exact) mass is 377 g/mol. The van der Waals surface area contributed by atoms with Crippen LogP contribution < -0.4 is 20.3 Å². The molecule has 0 bridgehead atoms. The largest absolute Gasteiger partial charge is 0.497 e. The van der Waals surface area contributed by atoms with Crippen LogP contribution in [0, 0.1) is 5.92 Å². The van der Waals surface area contributed by atoms with Gasteiger partial charge >= 0.3 is 5.97 Å². The summed E-state index contributed by atoms with van der Waals surface area (Å²) >= 11 is 0. The molecule has 0 spiro atoms. The zero-order valence-corrected chi connectivity index (χ0v) is 15.4. The summed E-state index contributed by atoms with van der Waals surface area (Å²) < 4.78 is 5.08. The van der Waals surface area contributed by atoms with E-state index in [9.17, 15) is 19.2 Å². The van der Waals surface area contributed by atoms with Gasteiger partial charge in [-0.15, -0.1) is 0 Å². The number of methoxy groups -OCH3 is 1. The fraction of sp³-hybridized carbons (Fsp3) is 0.444. The Bertz CT molecular complexity index is 733. The van der Waals surface area contributed by atoms with Gasteiger partial charge in [0.1, 0.15) is 17.8 Å². The molecule has 0 saturated carbocycles. The van der Waals surface area contributed by atoms with Gasteiger partial charge in [-0.2, -0.15) is 0 Å². The molecule has 1 aliphatic heterocycles. The van der Waals surface area contributed by atoms with Crippen molar-refractivity contribution in [1.29, 1.82) is 0 Å². The molecule has 9 heteroatoms. The minimum atomic E-state index is -1.17. The number of nitrogens with zero attached hydrogens (tertiary/aromatic N) is 1. The summed E-state index contributed by atoms with van der Waals surface area (Å²) in [5.41, 5.74) is 0.664. The first-order chi connectivity index (χ1) is 12.7. The van der Waals surface area contributed by atoms with Gasteiger partial charge in [-0.3, -0.25) is 19.2 Å². The fourth-order valence-corrected chi connectivity index (χ4v) is 2.69. The first-order valence-electron chi connectivity index (χ1n) is 8.51. The summed E-state index contributed by atoms with van der Waals surface area (Å²) in [6.07, 6.45) is 0.0394. The molecule has 2 rings (SSSR count). The average molecular weight is 377 g/mol. The predicted octanol–water partition coefficient (Wildman–Crippen LogP) is 0.142.